The number of aliphatic imine (C=N–C) groups is 1. The molecule has 1 aliphatic heterocycles. The van der Waals surface area contributed by atoms with Gasteiger partial charge in [0.25, 0.3) is 0 Å². The molecule has 2 atom stereocenters. The van der Waals surface area contributed by atoms with Crippen molar-refractivity contribution in [2.45, 2.75) is 25.5 Å². The van der Waals surface area contributed by atoms with E-state index in [1.54, 1.807) is 31.4 Å². The van der Waals surface area contributed by atoms with Crippen molar-refractivity contribution >= 4 is 29.3 Å². The number of carbonyl (C=O) groups excluding carboxylic acids is 2. The summed E-state index contributed by atoms with van der Waals surface area (Å²) in [6, 6.07) is 23.1. The van der Waals surface area contributed by atoms with Crippen molar-refractivity contribution in [1.82, 2.24) is 5.32 Å². The highest BCUT2D eigenvalue weighted by atomic mass is 35.5. The lowest BCUT2D eigenvalue weighted by atomic mass is 9.85. The van der Waals surface area contributed by atoms with Gasteiger partial charge in [-0.25, -0.2) is 9.79 Å². The van der Waals surface area contributed by atoms with Crippen LogP contribution in [0.4, 0.5) is 4.79 Å². The van der Waals surface area contributed by atoms with E-state index in [1.165, 1.54) is 0 Å². The van der Waals surface area contributed by atoms with E-state index in [9.17, 15) is 9.59 Å². The first-order chi connectivity index (χ1) is 16.5. The van der Waals surface area contributed by atoms with Crippen LogP contribution in [-0.2, 0) is 22.6 Å². The highest BCUT2D eigenvalue weighted by Crippen LogP contribution is 2.31. The lowest BCUT2D eigenvalue weighted by Crippen LogP contribution is -2.45. The summed E-state index contributed by atoms with van der Waals surface area (Å²) in [5, 5.41) is 3.41. The van der Waals surface area contributed by atoms with Gasteiger partial charge in [-0.05, 0) is 53.8 Å². The maximum Gasteiger partial charge on any atom is 0.341 e. The second kappa shape index (κ2) is 11.0. The summed E-state index contributed by atoms with van der Waals surface area (Å²) in [5.74, 6) is -0.444. The summed E-state index contributed by atoms with van der Waals surface area (Å²) in [4.78, 5) is 30.0. The molecular formula is C27H25ClN2O4. The van der Waals surface area contributed by atoms with E-state index in [0.717, 1.165) is 22.4 Å². The van der Waals surface area contributed by atoms with Crippen LogP contribution in [0.1, 0.15) is 29.2 Å². The number of halogens is 1. The van der Waals surface area contributed by atoms with Gasteiger partial charge in [-0.2, -0.15) is 0 Å². The molecule has 0 spiro atoms. The van der Waals surface area contributed by atoms with Crippen molar-refractivity contribution in [3.63, 3.8) is 0 Å². The van der Waals surface area contributed by atoms with Gasteiger partial charge in [-0.3, -0.25) is 4.79 Å². The predicted octanol–water partition coefficient (Wildman–Crippen LogP) is 5.55. The van der Waals surface area contributed by atoms with E-state index >= 15 is 0 Å². The molecule has 7 heteroatoms. The smallest absolute Gasteiger partial charge is 0.341 e. The van der Waals surface area contributed by atoms with Gasteiger partial charge < -0.3 is 14.8 Å². The van der Waals surface area contributed by atoms with Gasteiger partial charge in [-0.1, -0.05) is 66.2 Å². The van der Waals surface area contributed by atoms with Crippen molar-refractivity contribution in [3.8, 4) is 5.75 Å². The molecule has 0 saturated heterocycles. The van der Waals surface area contributed by atoms with Crippen LogP contribution >= 0.6 is 11.6 Å². The van der Waals surface area contributed by atoms with Gasteiger partial charge in [-0.15, -0.1) is 0 Å². The molecule has 1 heterocycles. The maximum atomic E-state index is 13.4. The lowest BCUT2D eigenvalue weighted by molar-refractivity contribution is -0.148. The van der Waals surface area contributed by atoms with E-state index in [2.05, 4.69) is 10.3 Å². The van der Waals surface area contributed by atoms with Crippen LogP contribution in [0.25, 0.3) is 0 Å². The number of nitrogens with zero attached hydrogens (tertiary/aromatic N) is 1. The zero-order chi connectivity index (χ0) is 23.9. The van der Waals surface area contributed by atoms with E-state index in [1.807, 2.05) is 54.6 Å². The molecule has 0 bridgehead atoms. The average Bonchev–Trinajstić information content (AvgIpc) is 2.87. The normalized spacial score (nSPS) is 17.5. The second-order valence-corrected chi connectivity index (χ2v) is 8.44. The van der Waals surface area contributed by atoms with Gasteiger partial charge in [0, 0.05) is 10.7 Å². The molecule has 34 heavy (non-hydrogen) atoms. The molecule has 0 aromatic heterocycles. The van der Waals surface area contributed by atoms with Crippen LogP contribution in [0.2, 0.25) is 5.02 Å². The number of ether oxygens (including phenoxy) is 2. The van der Waals surface area contributed by atoms with Crippen molar-refractivity contribution < 1.29 is 19.1 Å². The van der Waals surface area contributed by atoms with Gasteiger partial charge >= 0.3 is 12.0 Å². The van der Waals surface area contributed by atoms with Crippen molar-refractivity contribution in [1.29, 1.82) is 0 Å². The Labute approximate surface area is 203 Å². The Morgan fingerprint density at radius 3 is 2.44 bits per heavy atom. The summed E-state index contributed by atoms with van der Waals surface area (Å²) >= 11 is 6.05. The summed E-state index contributed by atoms with van der Waals surface area (Å²) in [7, 11) is 1.62. The Morgan fingerprint density at radius 1 is 0.971 bits per heavy atom. The van der Waals surface area contributed by atoms with E-state index in [4.69, 9.17) is 21.1 Å². The fourth-order valence-corrected chi connectivity index (χ4v) is 4.12. The van der Waals surface area contributed by atoms with Gasteiger partial charge in [0.15, 0.2) is 0 Å². The number of methoxy groups -OCH3 is 1. The zero-order valence-electron chi connectivity index (χ0n) is 18.7. The molecule has 4 rings (SSSR count). The van der Waals surface area contributed by atoms with Crippen LogP contribution in [0.15, 0.2) is 83.9 Å². The van der Waals surface area contributed by atoms with Gasteiger partial charge in [0.1, 0.15) is 18.3 Å². The quantitative estimate of drug-likeness (QED) is 0.432. The Kier molecular flexibility index (Phi) is 7.60. The van der Waals surface area contributed by atoms with Crippen molar-refractivity contribution in [2.75, 3.05) is 7.11 Å². The third kappa shape index (κ3) is 5.83. The minimum absolute atomic E-state index is 0.140. The Morgan fingerprint density at radius 2 is 1.71 bits per heavy atom. The fraction of sp³-hybridized carbons (Fsp3) is 0.222. The number of nitrogens with one attached hydrogen (secondary N) is 1. The van der Waals surface area contributed by atoms with Crippen molar-refractivity contribution in [2.24, 2.45) is 10.9 Å². The number of rotatable bonds is 8. The van der Waals surface area contributed by atoms with E-state index < -0.39 is 24.0 Å². The van der Waals surface area contributed by atoms with Crippen LogP contribution in [0.5, 0.6) is 5.75 Å². The van der Waals surface area contributed by atoms with Crippen LogP contribution in [0, 0.1) is 5.92 Å². The Hall–Kier alpha value is -3.64. The number of aryl methyl sites for hydroxylation is 1. The second-order valence-electron chi connectivity index (χ2n) is 8.00. The molecule has 6 nitrogen and oxygen atoms in total. The molecule has 2 unspecified atom stereocenters. The highest BCUT2D eigenvalue weighted by molar-refractivity contribution is 6.30. The molecule has 1 aliphatic rings. The van der Waals surface area contributed by atoms with Gasteiger partial charge in [0.2, 0.25) is 0 Å². The number of amides is 2. The van der Waals surface area contributed by atoms with E-state index in [0.29, 0.717) is 23.6 Å². The molecule has 3 aromatic carbocycles. The molecule has 3 aromatic rings. The summed E-state index contributed by atoms with van der Waals surface area (Å²) in [6.45, 7) is 0.140. The SMILES string of the molecule is COc1cccc(CCC2=NC(=O)NC(c3ccc(Cl)cc3)C2C(=O)OCc2ccccc2)c1. The van der Waals surface area contributed by atoms with Gasteiger partial charge in [0.05, 0.1) is 13.2 Å². The number of hydrogen-bond acceptors (Lipinski definition) is 4. The zero-order valence-corrected chi connectivity index (χ0v) is 19.5. The minimum atomic E-state index is -0.756. The van der Waals surface area contributed by atoms with Crippen LogP contribution in [0.3, 0.4) is 0 Å². The van der Waals surface area contributed by atoms with Crippen LogP contribution in [-0.4, -0.2) is 24.8 Å². The molecule has 1 N–H and O–H groups in total. The summed E-state index contributed by atoms with van der Waals surface area (Å²) in [5.41, 5.74) is 3.15. The Bertz CT molecular complexity index is 1180. The first-order valence-corrected chi connectivity index (χ1v) is 11.4. The molecule has 2 amide bonds. The Balaban J connectivity index is 1.59. The third-order valence-corrected chi connectivity index (χ3v) is 5.98. The number of urea groups is 1. The number of carbonyl (C=O) groups is 2. The molecule has 0 aliphatic carbocycles. The molecule has 0 radical (unpaired) electrons. The first kappa shape index (κ1) is 23.5. The third-order valence-electron chi connectivity index (χ3n) is 5.73. The van der Waals surface area contributed by atoms with Crippen LogP contribution < -0.4 is 10.1 Å². The predicted molar refractivity (Wildman–Crippen MR) is 131 cm³/mol. The van der Waals surface area contributed by atoms with E-state index in [-0.39, 0.29) is 6.61 Å². The maximum absolute atomic E-state index is 13.4. The number of benzene rings is 3. The first-order valence-electron chi connectivity index (χ1n) is 11.0. The minimum Gasteiger partial charge on any atom is -0.497 e. The topological polar surface area (TPSA) is 77.0 Å². The largest absolute Gasteiger partial charge is 0.497 e. The number of esters is 1. The lowest BCUT2D eigenvalue weighted by Gasteiger charge is -2.31. The molecule has 174 valence electrons. The fourth-order valence-electron chi connectivity index (χ4n) is 3.99. The standard InChI is InChI=1S/C27H25ClN2O4/c1-33-22-9-5-8-18(16-22)10-15-23-24(26(31)34-17-19-6-3-2-4-7-19)25(30-27(32)29-23)20-11-13-21(28)14-12-20/h2-9,11-14,16,24-25H,10,15,17H2,1H3,(H,30,32). The summed E-state index contributed by atoms with van der Waals surface area (Å²) in [6.07, 6.45) is 1.02. The number of hydrogen-bond donors (Lipinski definition) is 1. The average molecular weight is 477 g/mol. The summed E-state index contributed by atoms with van der Waals surface area (Å²) < 4.78 is 11.0. The molecular weight excluding hydrogens is 452 g/mol. The van der Waals surface area contributed by atoms with Crippen molar-refractivity contribution in [3.05, 3.63) is 101 Å². The molecule has 0 fully saturated rings. The molecule has 0 saturated carbocycles. The monoisotopic (exact) mass is 476 g/mol. The highest BCUT2D eigenvalue weighted by Gasteiger charge is 2.39.